The Bertz CT molecular complexity index is 792. The van der Waals surface area contributed by atoms with E-state index in [4.69, 9.17) is 0 Å². The molecule has 0 fully saturated rings. The highest BCUT2D eigenvalue weighted by Crippen LogP contribution is 2.29. The number of fused-ring (bicyclic) bond motifs is 1. The molecule has 3 aromatic rings. The van der Waals surface area contributed by atoms with Crippen LogP contribution in [0.5, 0.6) is 0 Å². The fraction of sp³-hybridized carbons (Fsp3) is 0. The number of aromatic nitrogens is 2. The molecule has 0 spiro atoms. The lowest BCUT2D eigenvalue weighted by atomic mass is 10.2. The van der Waals surface area contributed by atoms with Crippen LogP contribution in [0.4, 0.5) is 15.8 Å². The van der Waals surface area contributed by atoms with Crippen LogP contribution in [-0.4, -0.2) is 9.97 Å². The van der Waals surface area contributed by atoms with Gasteiger partial charge in [-0.25, -0.2) is 4.39 Å². The average molecular weight is 397 g/mol. The largest absolute Gasteiger partial charge is 0.353 e. The zero-order valence-electron chi connectivity index (χ0n) is 10.1. The molecule has 100 valence electrons. The molecule has 1 aromatic carbocycles. The molecule has 1 N–H and O–H groups in total. The third-order valence-corrected chi connectivity index (χ3v) is 3.83. The van der Waals surface area contributed by atoms with Gasteiger partial charge in [0.15, 0.2) is 0 Å². The highest BCUT2D eigenvalue weighted by molar-refractivity contribution is 9.10. The first-order chi connectivity index (χ1) is 9.63. The summed E-state index contributed by atoms with van der Waals surface area (Å²) in [5.41, 5.74) is 3.12. The van der Waals surface area contributed by atoms with Gasteiger partial charge in [0.05, 0.1) is 16.9 Å². The number of halogens is 3. The van der Waals surface area contributed by atoms with Crippen molar-refractivity contribution in [3.05, 3.63) is 57.5 Å². The molecule has 3 nitrogen and oxygen atoms in total. The lowest BCUT2D eigenvalue weighted by Crippen LogP contribution is -1.95. The quantitative estimate of drug-likeness (QED) is 0.659. The fourth-order valence-corrected chi connectivity index (χ4v) is 2.61. The molecular formula is C14H8Br2FN3. The smallest absolute Gasteiger partial charge is 0.124 e. The fourth-order valence-electron chi connectivity index (χ4n) is 1.84. The van der Waals surface area contributed by atoms with E-state index in [1.54, 1.807) is 18.5 Å². The van der Waals surface area contributed by atoms with Crippen molar-refractivity contribution in [2.45, 2.75) is 0 Å². The van der Waals surface area contributed by atoms with E-state index >= 15 is 0 Å². The van der Waals surface area contributed by atoms with Gasteiger partial charge in [-0.2, -0.15) is 0 Å². The lowest BCUT2D eigenvalue weighted by Gasteiger charge is -2.10. The zero-order chi connectivity index (χ0) is 14.1. The summed E-state index contributed by atoms with van der Waals surface area (Å²) in [5, 5.41) is 3.23. The van der Waals surface area contributed by atoms with Gasteiger partial charge >= 0.3 is 0 Å². The Labute approximate surface area is 131 Å². The van der Waals surface area contributed by atoms with Crippen molar-refractivity contribution < 1.29 is 4.39 Å². The van der Waals surface area contributed by atoms with Crippen molar-refractivity contribution in [1.82, 2.24) is 9.97 Å². The molecule has 0 radical (unpaired) electrons. The summed E-state index contributed by atoms with van der Waals surface area (Å²) in [5.74, 6) is -0.288. The van der Waals surface area contributed by atoms with Crippen LogP contribution < -0.4 is 5.32 Å². The Morgan fingerprint density at radius 2 is 1.85 bits per heavy atom. The topological polar surface area (TPSA) is 37.8 Å². The molecule has 0 amide bonds. The summed E-state index contributed by atoms with van der Waals surface area (Å²) in [6, 6.07) is 8.22. The van der Waals surface area contributed by atoms with Crippen LogP contribution in [0, 0.1) is 5.82 Å². The van der Waals surface area contributed by atoms with Crippen molar-refractivity contribution in [2.24, 2.45) is 0 Å². The van der Waals surface area contributed by atoms with E-state index in [0.29, 0.717) is 4.47 Å². The second-order valence-electron chi connectivity index (χ2n) is 4.13. The molecule has 0 aliphatic carbocycles. The highest BCUT2D eigenvalue weighted by Gasteiger charge is 2.07. The molecule has 0 saturated carbocycles. The molecule has 3 rings (SSSR count). The number of hydrogen-bond donors (Lipinski definition) is 1. The summed E-state index contributed by atoms with van der Waals surface area (Å²) in [6.45, 7) is 0. The number of hydrogen-bond acceptors (Lipinski definition) is 3. The summed E-state index contributed by atoms with van der Waals surface area (Å²) < 4.78 is 14.6. The maximum atomic E-state index is 13.1. The zero-order valence-corrected chi connectivity index (χ0v) is 13.2. The SMILES string of the molecule is Fc1ccc(Nc2ccnc3cc(Br)cnc23)c(Br)c1. The molecule has 0 bridgehead atoms. The highest BCUT2D eigenvalue weighted by atomic mass is 79.9. The van der Waals surface area contributed by atoms with Crippen molar-refractivity contribution in [3.8, 4) is 0 Å². The molecule has 6 heteroatoms. The minimum atomic E-state index is -0.288. The van der Waals surface area contributed by atoms with E-state index in [0.717, 1.165) is 26.9 Å². The average Bonchev–Trinajstić information content (AvgIpc) is 2.41. The Balaban J connectivity index is 2.06. The maximum absolute atomic E-state index is 13.1. The number of rotatable bonds is 2. The van der Waals surface area contributed by atoms with Crippen LogP contribution in [0.3, 0.4) is 0 Å². The standard InChI is InChI=1S/C14H8Br2FN3/c15-8-5-13-14(19-7-8)12(3-4-18-13)20-11-2-1-9(17)6-10(11)16/h1-7H,(H,18,20). The summed E-state index contributed by atoms with van der Waals surface area (Å²) in [6.07, 6.45) is 3.42. The third-order valence-electron chi connectivity index (χ3n) is 2.74. The first-order valence-corrected chi connectivity index (χ1v) is 7.34. The molecule has 20 heavy (non-hydrogen) atoms. The number of nitrogens with zero attached hydrogens (tertiary/aromatic N) is 2. The van der Waals surface area contributed by atoms with E-state index in [9.17, 15) is 4.39 Å². The molecule has 0 aliphatic rings. The van der Waals surface area contributed by atoms with Gasteiger partial charge in [0.1, 0.15) is 11.3 Å². The molecule has 0 atom stereocenters. The Kier molecular flexibility index (Phi) is 3.67. The number of pyridine rings is 2. The van der Waals surface area contributed by atoms with Gasteiger partial charge in [-0.05, 0) is 62.2 Å². The van der Waals surface area contributed by atoms with Gasteiger partial charge in [-0.15, -0.1) is 0 Å². The molecule has 2 heterocycles. The lowest BCUT2D eigenvalue weighted by molar-refractivity contribution is 0.627. The molecule has 0 aliphatic heterocycles. The monoisotopic (exact) mass is 395 g/mol. The minimum Gasteiger partial charge on any atom is -0.353 e. The molecule has 0 unspecified atom stereocenters. The van der Waals surface area contributed by atoms with Crippen LogP contribution in [0.1, 0.15) is 0 Å². The Morgan fingerprint density at radius 3 is 2.65 bits per heavy atom. The van der Waals surface area contributed by atoms with Gasteiger partial charge < -0.3 is 5.32 Å². The normalized spacial score (nSPS) is 10.8. The number of benzene rings is 1. The summed E-state index contributed by atoms with van der Waals surface area (Å²) in [4.78, 5) is 8.64. The summed E-state index contributed by atoms with van der Waals surface area (Å²) in [7, 11) is 0. The van der Waals surface area contributed by atoms with Crippen LogP contribution in [-0.2, 0) is 0 Å². The van der Waals surface area contributed by atoms with Gasteiger partial charge in [0.2, 0.25) is 0 Å². The van der Waals surface area contributed by atoms with E-state index in [1.165, 1.54) is 12.1 Å². The second kappa shape index (κ2) is 5.46. The van der Waals surface area contributed by atoms with Crippen molar-refractivity contribution >= 4 is 54.3 Å². The van der Waals surface area contributed by atoms with E-state index < -0.39 is 0 Å². The maximum Gasteiger partial charge on any atom is 0.124 e. The first-order valence-electron chi connectivity index (χ1n) is 5.76. The number of nitrogens with one attached hydrogen (secondary N) is 1. The van der Waals surface area contributed by atoms with Crippen LogP contribution >= 0.6 is 31.9 Å². The first kappa shape index (κ1) is 13.5. The van der Waals surface area contributed by atoms with Crippen LogP contribution in [0.15, 0.2) is 51.7 Å². The predicted octanol–water partition coefficient (Wildman–Crippen LogP) is 5.04. The Hall–Kier alpha value is -1.53. The molecule has 2 aromatic heterocycles. The van der Waals surface area contributed by atoms with E-state index in [1.807, 2.05) is 12.1 Å². The van der Waals surface area contributed by atoms with Crippen LogP contribution in [0.2, 0.25) is 0 Å². The van der Waals surface area contributed by atoms with Crippen LogP contribution in [0.25, 0.3) is 11.0 Å². The number of anilines is 2. The van der Waals surface area contributed by atoms with E-state index in [-0.39, 0.29) is 5.82 Å². The molecular weight excluding hydrogens is 389 g/mol. The van der Waals surface area contributed by atoms with E-state index in [2.05, 4.69) is 47.1 Å². The predicted molar refractivity (Wildman–Crippen MR) is 84.6 cm³/mol. The van der Waals surface area contributed by atoms with Gasteiger partial charge in [-0.1, -0.05) is 0 Å². The third kappa shape index (κ3) is 2.66. The second-order valence-corrected chi connectivity index (χ2v) is 5.90. The van der Waals surface area contributed by atoms with Crippen molar-refractivity contribution in [2.75, 3.05) is 5.32 Å². The van der Waals surface area contributed by atoms with Gasteiger partial charge in [0, 0.05) is 21.3 Å². The van der Waals surface area contributed by atoms with Crippen molar-refractivity contribution in [3.63, 3.8) is 0 Å². The van der Waals surface area contributed by atoms with Crippen molar-refractivity contribution in [1.29, 1.82) is 0 Å². The Morgan fingerprint density at radius 1 is 1.00 bits per heavy atom. The molecule has 0 saturated heterocycles. The van der Waals surface area contributed by atoms with Gasteiger partial charge in [-0.3, -0.25) is 9.97 Å². The minimum absolute atomic E-state index is 0.288. The summed E-state index contributed by atoms with van der Waals surface area (Å²) >= 11 is 6.71. The van der Waals surface area contributed by atoms with Gasteiger partial charge in [0.25, 0.3) is 0 Å².